The number of rotatable bonds is 8. The molecular formula is C9H19NaO2. The van der Waals surface area contributed by atoms with E-state index < -0.39 is 0 Å². The van der Waals surface area contributed by atoms with Crippen LogP contribution in [0.1, 0.15) is 45.4 Å². The van der Waals surface area contributed by atoms with Gasteiger partial charge in [0.25, 0.3) is 6.47 Å². The standard InChI is InChI=1S/C9H18O2.Na.H/c1-2-3-4-5-6-7-8-11-9-10;;/h9H,2-8H2,1H3;;. The maximum atomic E-state index is 9.72. The molecule has 0 aromatic heterocycles. The van der Waals surface area contributed by atoms with Gasteiger partial charge in [-0.3, -0.25) is 4.79 Å². The minimum absolute atomic E-state index is 0. The van der Waals surface area contributed by atoms with Crippen LogP contribution in [0.25, 0.3) is 0 Å². The van der Waals surface area contributed by atoms with E-state index in [1.54, 1.807) is 0 Å². The van der Waals surface area contributed by atoms with Crippen LogP contribution in [-0.2, 0) is 9.53 Å². The van der Waals surface area contributed by atoms with E-state index in [1.165, 1.54) is 32.1 Å². The molecule has 0 aromatic carbocycles. The topological polar surface area (TPSA) is 26.3 Å². The van der Waals surface area contributed by atoms with Crippen LogP contribution in [0.3, 0.4) is 0 Å². The first-order valence-electron chi connectivity index (χ1n) is 4.47. The van der Waals surface area contributed by atoms with E-state index in [4.69, 9.17) is 0 Å². The fourth-order valence-electron chi connectivity index (χ4n) is 1.01. The Morgan fingerprint density at radius 1 is 1.08 bits per heavy atom. The van der Waals surface area contributed by atoms with Crippen LogP contribution in [0.2, 0.25) is 0 Å². The molecule has 0 bridgehead atoms. The number of unbranched alkanes of at least 4 members (excludes halogenated alkanes) is 5. The zero-order chi connectivity index (χ0) is 8.36. The summed E-state index contributed by atoms with van der Waals surface area (Å²) in [4.78, 5) is 9.72. The van der Waals surface area contributed by atoms with Gasteiger partial charge in [0.15, 0.2) is 0 Å². The number of carbonyl (C=O) groups excluding carboxylic acids is 1. The van der Waals surface area contributed by atoms with Gasteiger partial charge in [-0.05, 0) is 6.42 Å². The fourth-order valence-corrected chi connectivity index (χ4v) is 1.01. The molecule has 0 unspecified atom stereocenters. The van der Waals surface area contributed by atoms with Crippen molar-refractivity contribution in [2.45, 2.75) is 45.4 Å². The molecule has 0 atom stereocenters. The van der Waals surface area contributed by atoms with E-state index in [9.17, 15) is 4.79 Å². The van der Waals surface area contributed by atoms with Gasteiger partial charge in [-0.25, -0.2) is 0 Å². The average Bonchev–Trinajstić information content (AvgIpc) is 2.03. The van der Waals surface area contributed by atoms with Crippen molar-refractivity contribution in [1.29, 1.82) is 0 Å². The molecule has 0 aliphatic heterocycles. The third kappa shape index (κ3) is 13.1. The van der Waals surface area contributed by atoms with Gasteiger partial charge in [0, 0.05) is 0 Å². The molecule has 0 aliphatic carbocycles. The summed E-state index contributed by atoms with van der Waals surface area (Å²) in [5.41, 5.74) is 0. The van der Waals surface area contributed by atoms with Crippen molar-refractivity contribution >= 4 is 36.0 Å². The number of hydrogen-bond acceptors (Lipinski definition) is 2. The summed E-state index contributed by atoms with van der Waals surface area (Å²) < 4.78 is 4.56. The molecule has 0 fully saturated rings. The maximum absolute atomic E-state index is 9.72. The zero-order valence-electron chi connectivity index (χ0n) is 7.34. The van der Waals surface area contributed by atoms with E-state index in [0.717, 1.165) is 6.42 Å². The Balaban J connectivity index is 0. The molecule has 0 radical (unpaired) electrons. The van der Waals surface area contributed by atoms with Gasteiger partial charge in [0.1, 0.15) is 0 Å². The van der Waals surface area contributed by atoms with Gasteiger partial charge < -0.3 is 4.74 Å². The van der Waals surface area contributed by atoms with E-state index in [-0.39, 0.29) is 29.6 Å². The molecule has 0 N–H and O–H groups in total. The SMILES string of the molecule is CCCCCCCCOC=O.[NaH]. The zero-order valence-corrected chi connectivity index (χ0v) is 7.34. The predicted molar refractivity (Wildman–Crippen MR) is 52.5 cm³/mol. The summed E-state index contributed by atoms with van der Waals surface area (Å²) in [7, 11) is 0. The monoisotopic (exact) mass is 182 g/mol. The first-order chi connectivity index (χ1) is 5.41. The van der Waals surface area contributed by atoms with Crippen molar-refractivity contribution in [3.8, 4) is 0 Å². The van der Waals surface area contributed by atoms with E-state index >= 15 is 0 Å². The summed E-state index contributed by atoms with van der Waals surface area (Å²) in [5, 5.41) is 0. The normalized spacial score (nSPS) is 8.75. The Morgan fingerprint density at radius 2 is 1.67 bits per heavy atom. The summed E-state index contributed by atoms with van der Waals surface area (Å²) in [6.07, 6.45) is 7.41. The Kier molecular flexibility index (Phi) is 17.5. The fraction of sp³-hybridized carbons (Fsp3) is 0.889. The Hall–Kier alpha value is 0.470. The Labute approximate surface area is 97.3 Å². The van der Waals surface area contributed by atoms with Crippen LogP contribution < -0.4 is 0 Å². The number of ether oxygens (including phenoxy) is 1. The third-order valence-corrected chi connectivity index (χ3v) is 1.68. The van der Waals surface area contributed by atoms with E-state index in [0.29, 0.717) is 13.1 Å². The van der Waals surface area contributed by atoms with Crippen LogP contribution >= 0.6 is 0 Å². The third-order valence-electron chi connectivity index (χ3n) is 1.68. The molecule has 0 spiro atoms. The molecule has 0 aliphatic rings. The second kappa shape index (κ2) is 14.0. The molecule has 12 heavy (non-hydrogen) atoms. The summed E-state index contributed by atoms with van der Waals surface area (Å²) in [6, 6.07) is 0. The van der Waals surface area contributed by atoms with E-state index in [1.807, 2.05) is 0 Å². The first-order valence-corrected chi connectivity index (χ1v) is 4.47. The quantitative estimate of drug-likeness (QED) is 0.325. The minimum atomic E-state index is 0. The van der Waals surface area contributed by atoms with Gasteiger partial charge >= 0.3 is 29.6 Å². The average molecular weight is 182 g/mol. The van der Waals surface area contributed by atoms with Gasteiger partial charge in [0.05, 0.1) is 6.61 Å². The van der Waals surface area contributed by atoms with Crippen molar-refractivity contribution in [3.05, 3.63) is 0 Å². The van der Waals surface area contributed by atoms with Gasteiger partial charge in [-0.15, -0.1) is 0 Å². The molecule has 2 nitrogen and oxygen atoms in total. The Bertz CT molecular complexity index is 86.6. The summed E-state index contributed by atoms with van der Waals surface area (Å²) in [6.45, 7) is 3.32. The van der Waals surface area contributed by atoms with Crippen LogP contribution in [0.4, 0.5) is 0 Å². The molecule has 0 saturated heterocycles. The molecule has 0 rings (SSSR count). The Morgan fingerprint density at radius 3 is 2.25 bits per heavy atom. The van der Waals surface area contributed by atoms with Crippen LogP contribution in [-0.4, -0.2) is 42.6 Å². The molecular weight excluding hydrogens is 163 g/mol. The van der Waals surface area contributed by atoms with Gasteiger partial charge in [0.2, 0.25) is 0 Å². The van der Waals surface area contributed by atoms with E-state index in [2.05, 4.69) is 11.7 Å². The van der Waals surface area contributed by atoms with Crippen molar-refractivity contribution in [3.63, 3.8) is 0 Å². The van der Waals surface area contributed by atoms with Crippen molar-refractivity contribution in [1.82, 2.24) is 0 Å². The summed E-state index contributed by atoms with van der Waals surface area (Å²) in [5.74, 6) is 0. The van der Waals surface area contributed by atoms with Crippen molar-refractivity contribution < 1.29 is 9.53 Å². The number of carbonyl (C=O) groups is 1. The first kappa shape index (κ1) is 15.0. The number of hydrogen-bond donors (Lipinski definition) is 0. The van der Waals surface area contributed by atoms with Crippen molar-refractivity contribution in [2.75, 3.05) is 6.61 Å². The molecule has 0 aromatic rings. The van der Waals surface area contributed by atoms with Gasteiger partial charge in [-0.1, -0.05) is 39.0 Å². The molecule has 0 amide bonds. The molecule has 0 saturated carbocycles. The second-order valence-electron chi connectivity index (χ2n) is 2.73. The summed E-state index contributed by atoms with van der Waals surface area (Å²) >= 11 is 0. The van der Waals surface area contributed by atoms with Crippen LogP contribution in [0, 0.1) is 0 Å². The second-order valence-corrected chi connectivity index (χ2v) is 2.73. The van der Waals surface area contributed by atoms with Crippen LogP contribution in [0.5, 0.6) is 0 Å². The molecule has 3 heteroatoms. The molecule has 0 heterocycles. The van der Waals surface area contributed by atoms with Crippen LogP contribution in [0.15, 0.2) is 0 Å². The predicted octanol–water partition coefficient (Wildman–Crippen LogP) is 1.87. The van der Waals surface area contributed by atoms with Gasteiger partial charge in [-0.2, -0.15) is 0 Å². The molecule has 68 valence electrons. The van der Waals surface area contributed by atoms with Crippen molar-refractivity contribution in [2.24, 2.45) is 0 Å².